The molecule has 0 radical (unpaired) electrons. The van der Waals surface area contributed by atoms with Crippen molar-refractivity contribution in [1.29, 1.82) is 0 Å². The van der Waals surface area contributed by atoms with Crippen LogP contribution in [0, 0.1) is 0 Å². The Labute approximate surface area is 431 Å². The quantitative estimate of drug-likeness (QED) is 0.163. The average molecular weight is 1000 g/mol. The minimum Gasteiger partial charge on any atom is -0.455 e. The lowest BCUT2D eigenvalue weighted by atomic mass is 10.0. The lowest BCUT2D eigenvalue weighted by Gasteiger charge is -2.10. The van der Waals surface area contributed by atoms with E-state index in [0.29, 0.717) is 0 Å². The number of hydrogen-bond donors (Lipinski definition) is 2. The topological polar surface area (TPSA) is 64.3 Å². The average Bonchev–Trinajstić information content (AvgIpc) is 4.03. The minimum absolute atomic E-state index is 0.769. The predicted molar refractivity (Wildman–Crippen MR) is 312 cm³/mol. The Morgan fingerprint density at radius 3 is 1.15 bits per heavy atom. The minimum atomic E-state index is 0.769. The van der Waals surface area contributed by atoms with Crippen LogP contribution in [0.25, 0.3) is 110 Å². The van der Waals surface area contributed by atoms with Gasteiger partial charge in [-0.1, -0.05) is 210 Å². The smallest absolute Gasteiger partial charge is 0.143 e. The summed E-state index contributed by atoms with van der Waals surface area (Å²) in [6.07, 6.45) is 0. The molecule has 3 N–H and O–H groups in total. The van der Waals surface area contributed by atoms with Crippen molar-refractivity contribution < 1.29 is 8.83 Å². The molecular formula is C68H47BrN2O2. The van der Waals surface area contributed by atoms with E-state index in [-0.39, 0.29) is 0 Å². The number of anilines is 3. The molecule has 0 aliphatic carbocycles. The maximum Gasteiger partial charge on any atom is 0.143 e. The van der Waals surface area contributed by atoms with Crippen molar-refractivity contribution in [2.45, 2.75) is 0 Å². The molecule has 0 aliphatic heterocycles. The molecular weight excluding hydrogens is 957 g/mol. The highest BCUT2D eigenvalue weighted by Gasteiger charge is 2.13. The second kappa shape index (κ2) is 19.9. The number of benzene rings is 12. The summed E-state index contributed by atoms with van der Waals surface area (Å²) < 4.78 is 13.4. The molecule has 0 bridgehead atoms. The van der Waals surface area contributed by atoms with Gasteiger partial charge in [-0.15, -0.1) is 0 Å². The van der Waals surface area contributed by atoms with E-state index in [9.17, 15) is 0 Å². The first-order chi connectivity index (χ1) is 36.0. The molecule has 0 amide bonds. The second-order valence-electron chi connectivity index (χ2n) is 18.1. The van der Waals surface area contributed by atoms with Crippen LogP contribution in [-0.2, 0) is 0 Å². The molecule has 12 aromatic carbocycles. The Morgan fingerprint density at radius 1 is 0.301 bits per heavy atom. The van der Waals surface area contributed by atoms with Crippen LogP contribution < -0.4 is 11.1 Å². The van der Waals surface area contributed by atoms with E-state index in [1.165, 1.54) is 43.8 Å². The first-order valence-corrected chi connectivity index (χ1v) is 25.1. The Hall–Kier alpha value is -9.16. The molecule has 14 rings (SSSR count). The number of para-hydroxylation sites is 4. The molecule has 348 valence electrons. The van der Waals surface area contributed by atoms with Crippen molar-refractivity contribution in [1.82, 2.24) is 0 Å². The van der Waals surface area contributed by atoms with Gasteiger partial charge in [0, 0.05) is 54.2 Å². The van der Waals surface area contributed by atoms with Gasteiger partial charge in [-0.25, -0.2) is 0 Å². The summed E-state index contributed by atoms with van der Waals surface area (Å²) in [7, 11) is 0. The van der Waals surface area contributed by atoms with Crippen molar-refractivity contribution in [2.75, 3.05) is 11.1 Å². The van der Waals surface area contributed by atoms with Crippen molar-refractivity contribution in [2.24, 2.45) is 0 Å². The van der Waals surface area contributed by atoms with Crippen LogP contribution in [0.2, 0.25) is 0 Å². The first kappa shape index (κ1) is 45.0. The fourth-order valence-electron chi connectivity index (χ4n) is 9.64. The summed E-state index contributed by atoms with van der Waals surface area (Å²) in [5.74, 6) is 0. The maximum atomic E-state index is 6.22. The van der Waals surface area contributed by atoms with E-state index >= 15 is 0 Å². The Kier molecular flexibility index (Phi) is 12.3. The van der Waals surface area contributed by atoms with E-state index in [4.69, 9.17) is 14.6 Å². The summed E-state index contributed by atoms with van der Waals surface area (Å²) in [6.45, 7) is 0. The van der Waals surface area contributed by atoms with Gasteiger partial charge in [-0.3, -0.25) is 0 Å². The number of nitrogen functional groups attached to an aromatic ring is 1. The number of nitrogens with one attached hydrogen (secondary N) is 1. The number of furan rings is 2. The molecule has 0 atom stereocenters. The maximum absolute atomic E-state index is 6.22. The largest absolute Gasteiger partial charge is 0.455 e. The fraction of sp³-hybridized carbons (Fsp3) is 0. The number of fused-ring (bicyclic) bond motifs is 8. The molecule has 0 unspecified atom stereocenters. The zero-order chi connectivity index (χ0) is 49.1. The summed E-state index contributed by atoms with van der Waals surface area (Å²) in [6, 6.07) is 92.5. The SMILES string of the molecule is Brc1ccc(-c2ccc3ccccc3c2)cc1.Nc1ccc(-c2cccc3c2oc2ccccc23)cc1.c1ccc2cc(-c3ccc(Nc4ccc(-c5cccc6c5oc5ccccc56)cc4)cc3)ccc2c1. The predicted octanol–water partition coefficient (Wildman–Crippen LogP) is 19.9. The van der Waals surface area contributed by atoms with Crippen molar-refractivity contribution in [3.63, 3.8) is 0 Å². The van der Waals surface area contributed by atoms with E-state index in [1.54, 1.807) is 0 Å². The zero-order valence-electron chi connectivity index (χ0n) is 39.7. The lowest BCUT2D eigenvalue weighted by molar-refractivity contribution is 0.669. The first-order valence-electron chi connectivity index (χ1n) is 24.4. The molecule has 0 fully saturated rings. The second-order valence-corrected chi connectivity index (χ2v) is 19.0. The van der Waals surface area contributed by atoms with E-state index in [1.807, 2.05) is 54.6 Å². The van der Waals surface area contributed by atoms with Crippen molar-refractivity contribution in [3.8, 4) is 44.5 Å². The Bertz CT molecular complexity index is 4230. The number of rotatable bonds is 6. The third kappa shape index (κ3) is 9.46. The van der Waals surface area contributed by atoms with Gasteiger partial charge in [0.05, 0.1) is 0 Å². The van der Waals surface area contributed by atoms with Gasteiger partial charge in [0.1, 0.15) is 22.3 Å². The third-order valence-electron chi connectivity index (χ3n) is 13.4. The Morgan fingerprint density at radius 2 is 0.671 bits per heavy atom. The molecule has 0 aliphatic rings. The van der Waals surface area contributed by atoms with Crippen molar-refractivity contribution in [3.05, 3.63) is 271 Å². The third-order valence-corrected chi connectivity index (χ3v) is 13.9. The molecule has 0 saturated heterocycles. The van der Waals surface area contributed by atoms with Gasteiger partial charge in [0.15, 0.2) is 0 Å². The number of hydrogen-bond acceptors (Lipinski definition) is 4. The Balaban J connectivity index is 0.000000123. The van der Waals surface area contributed by atoms with Crippen LogP contribution in [0.3, 0.4) is 0 Å². The highest BCUT2D eigenvalue weighted by molar-refractivity contribution is 9.10. The number of halogens is 1. The van der Waals surface area contributed by atoms with Crippen LogP contribution in [0.1, 0.15) is 0 Å². The molecule has 4 nitrogen and oxygen atoms in total. The highest BCUT2D eigenvalue weighted by Crippen LogP contribution is 2.38. The van der Waals surface area contributed by atoms with Gasteiger partial charge >= 0.3 is 0 Å². The zero-order valence-corrected chi connectivity index (χ0v) is 41.3. The van der Waals surface area contributed by atoms with E-state index in [0.717, 1.165) is 87.7 Å². The van der Waals surface area contributed by atoms with Gasteiger partial charge in [-0.05, 0) is 128 Å². The van der Waals surface area contributed by atoms with Crippen LogP contribution in [0.15, 0.2) is 280 Å². The highest BCUT2D eigenvalue weighted by atomic mass is 79.9. The van der Waals surface area contributed by atoms with Gasteiger partial charge < -0.3 is 19.9 Å². The molecule has 73 heavy (non-hydrogen) atoms. The monoisotopic (exact) mass is 1000 g/mol. The van der Waals surface area contributed by atoms with Crippen LogP contribution in [-0.4, -0.2) is 0 Å². The summed E-state index contributed by atoms with van der Waals surface area (Å²) >= 11 is 3.46. The number of nitrogens with two attached hydrogens (primary N) is 1. The summed E-state index contributed by atoms with van der Waals surface area (Å²) in [5, 5.41) is 13.2. The van der Waals surface area contributed by atoms with Gasteiger partial charge in [0.25, 0.3) is 0 Å². The van der Waals surface area contributed by atoms with Gasteiger partial charge in [-0.2, -0.15) is 0 Å². The summed E-state index contributed by atoms with van der Waals surface area (Å²) in [4.78, 5) is 0. The van der Waals surface area contributed by atoms with Crippen LogP contribution in [0.4, 0.5) is 17.1 Å². The lowest BCUT2D eigenvalue weighted by Crippen LogP contribution is -1.90. The van der Waals surface area contributed by atoms with Crippen LogP contribution in [0.5, 0.6) is 0 Å². The molecule has 2 heterocycles. The molecule has 14 aromatic rings. The standard InChI is InChI=1S/C34H23NO.C18H13NO.C16H11Br/c1-2-7-26-22-27(13-12-23(26)6-1)24-14-18-28(19-15-24)35-29-20-16-25(17-21-29)30-9-5-10-32-31-8-3-4-11-33(31)36-34(30)32;19-13-10-8-12(9-11-13)14-5-3-6-16-15-4-1-2-7-17(15)20-18(14)16;17-16-9-7-13(8-10-16)15-6-5-12-3-1-2-4-14(12)11-15/h1-22,35H;1-11H,19H2;1-11H. The molecule has 2 aromatic heterocycles. The van der Waals surface area contributed by atoms with E-state index in [2.05, 4.69) is 234 Å². The van der Waals surface area contributed by atoms with Crippen molar-refractivity contribution >= 4 is 98.4 Å². The fourth-order valence-corrected chi connectivity index (χ4v) is 9.90. The van der Waals surface area contributed by atoms with Crippen LogP contribution >= 0.6 is 15.9 Å². The van der Waals surface area contributed by atoms with E-state index < -0.39 is 0 Å². The molecule has 5 heteroatoms. The normalized spacial score (nSPS) is 11.1. The summed E-state index contributed by atoms with van der Waals surface area (Å²) in [5.41, 5.74) is 21.7. The molecule has 0 spiro atoms. The van der Waals surface area contributed by atoms with Gasteiger partial charge in [0.2, 0.25) is 0 Å². The molecule has 0 saturated carbocycles.